The van der Waals surface area contributed by atoms with E-state index in [0.717, 1.165) is 26.2 Å². The molecule has 1 fully saturated rings. The van der Waals surface area contributed by atoms with Crippen LogP contribution in [0.3, 0.4) is 0 Å². The van der Waals surface area contributed by atoms with Crippen molar-refractivity contribution in [3.8, 4) is 0 Å². The molecule has 1 saturated heterocycles. The standard InChI is InChI=1S/C8H17NO2/c1-7(10)5-9-3-4-11-8(2)6-9/h7-8,10H,3-6H2,1-2H3/t7-,8?/m1/s1. The fraction of sp³-hybridized carbons (Fsp3) is 1.00. The normalized spacial score (nSPS) is 30.3. The number of aliphatic hydroxyl groups is 1. The first-order valence-corrected chi connectivity index (χ1v) is 4.20. The average Bonchev–Trinajstić information content (AvgIpc) is 1.85. The van der Waals surface area contributed by atoms with E-state index in [0.29, 0.717) is 6.10 Å². The Morgan fingerprint density at radius 1 is 1.73 bits per heavy atom. The number of morpholine rings is 1. The molecule has 1 heterocycles. The van der Waals surface area contributed by atoms with E-state index < -0.39 is 0 Å². The van der Waals surface area contributed by atoms with Crippen molar-refractivity contribution in [2.24, 2.45) is 0 Å². The molecule has 3 heteroatoms. The minimum Gasteiger partial charge on any atom is -0.392 e. The number of aliphatic hydroxyl groups excluding tert-OH is 1. The van der Waals surface area contributed by atoms with Crippen molar-refractivity contribution in [2.45, 2.75) is 26.1 Å². The molecule has 1 rings (SSSR count). The van der Waals surface area contributed by atoms with Crippen LogP contribution in [-0.2, 0) is 4.74 Å². The lowest BCUT2D eigenvalue weighted by atomic mass is 10.2. The number of hydrogen-bond acceptors (Lipinski definition) is 3. The molecule has 66 valence electrons. The van der Waals surface area contributed by atoms with E-state index in [4.69, 9.17) is 9.84 Å². The van der Waals surface area contributed by atoms with Crippen molar-refractivity contribution in [2.75, 3.05) is 26.2 Å². The molecule has 0 aromatic rings. The highest BCUT2D eigenvalue weighted by Crippen LogP contribution is 2.04. The van der Waals surface area contributed by atoms with Crippen LogP contribution < -0.4 is 0 Å². The van der Waals surface area contributed by atoms with Crippen molar-refractivity contribution in [3.05, 3.63) is 0 Å². The van der Waals surface area contributed by atoms with Crippen LogP contribution >= 0.6 is 0 Å². The summed E-state index contributed by atoms with van der Waals surface area (Å²) in [4.78, 5) is 2.23. The van der Waals surface area contributed by atoms with Gasteiger partial charge >= 0.3 is 0 Å². The first kappa shape index (κ1) is 8.97. The molecule has 1 aliphatic heterocycles. The van der Waals surface area contributed by atoms with E-state index in [1.54, 1.807) is 0 Å². The Labute approximate surface area is 68.0 Å². The minimum atomic E-state index is -0.222. The lowest BCUT2D eigenvalue weighted by Crippen LogP contribution is -2.43. The van der Waals surface area contributed by atoms with Gasteiger partial charge in [-0.2, -0.15) is 0 Å². The van der Waals surface area contributed by atoms with Crippen LogP contribution in [0.25, 0.3) is 0 Å². The van der Waals surface area contributed by atoms with Gasteiger partial charge in [-0.15, -0.1) is 0 Å². The van der Waals surface area contributed by atoms with Gasteiger partial charge in [-0.05, 0) is 13.8 Å². The number of ether oxygens (including phenoxy) is 1. The summed E-state index contributed by atoms with van der Waals surface area (Å²) in [6, 6.07) is 0. The predicted molar refractivity (Wildman–Crippen MR) is 43.5 cm³/mol. The smallest absolute Gasteiger partial charge is 0.0674 e. The van der Waals surface area contributed by atoms with E-state index in [2.05, 4.69) is 11.8 Å². The molecular formula is C8H17NO2. The first-order valence-electron chi connectivity index (χ1n) is 4.20. The second-order valence-electron chi connectivity index (χ2n) is 3.29. The molecule has 0 bridgehead atoms. The zero-order valence-corrected chi connectivity index (χ0v) is 7.29. The molecule has 0 radical (unpaired) electrons. The largest absolute Gasteiger partial charge is 0.392 e. The molecule has 2 atom stereocenters. The number of hydrogen-bond donors (Lipinski definition) is 1. The minimum absolute atomic E-state index is 0.222. The highest BCUT2D eigenvalue weighted by molar-refractivity contribution is 4.69. The van der Waals surface area contributed by atoms with Crippen LogP contribution in [0.2, 0.25) is 0 Å². The summed E-state index contributed by atoms with van der Waals surface area (Å²) in [6.07, 6.45) is 0.0998. The zero-order valence-electron chi connectivity index (χ0n) is 7.29. The third kappa shape index (κ3) is 3.18. The second-order valence-corrected chi connectivity index (χ2v) is 3.29. The Morgan fingerprint density at radius 2 is 2.45 bits per heavy atom. The van der Waals surface area contributed by atoms with Crippen molar-refractivity contribution >= 4 is 0 Å². The average molecular weight is 159 g/mol. The van der Waals surface area contributed by atoms with Gasteiger partial charge in [0.15, 0.2) is 0 Å². The highest BCUT2D eigenvalue weighted by Gasteiger charge is 2.17. The zero-order chi connectivity index (χ0) is 8.27. The van der Waals surface area contributed by atoms with Crippen LogP contribution in [-0.4, -0.2) is 48.5 Å². The maximum atomic E-state index is 9.11. The molecular weight excluding hydrogens is 142 g/mol. The van der Waals surface area contributed by atoms with E-state index >= 15 is 0 Å². The van der Waals surface area contributed by atoms with E-state index in [9.17, 15) is 0 Å². The van der Waals surface area contributed by atoms with Gasteiger partial charge in [0.2, 0.25) is 0 Å². The topological polar surface area (TPSA) is 32.7 Å². The van der Waals surface area contributed by atoms with E-state index in [-0.39, 0.29) is 6.10 Å². The molecule has 1 N–H and O–H groups in total. The molecule has 0 aliphatic carbocycles. The maximum Gasteiger partial charge on any atom is 0.0674 e. The van der Waals surface area contributed by atoms with Gasteiger partial charge in [-0.1, -0.05) is 0 Å². The van der Waals surface area contributed by atoms with Crippen molar-refractivity contribution < 1.29 is 9.84 Å². The van der Waals surface area contributed by atoms with Crippen LogP contribution in [0, 0.1) is 0 Å². The van der Waals surface area contributed by atoms with E-state index in [1.807, 2.05) is 6.92 Å². The maximum absolute atomic E-state index is 9.11. The molecule has 11 heavy (non-hydrogen) atoms. The lowest BCUT2D eigenvalue weighted by molar-refractivity contribution is -0.0296. The van der Waals surface area contributed by atoms with Crippen LogP contribution in [0.1, 0.15) is 13.8 Å². The van der Waals surface area contributed by atoms with Gasteiger partial charge in [-0.25, -0.2) is 0 Å². The summed E-state index contributed by atoms with van der Waals surface area (Å²) in [7, 11) is 0. The quantitative estimate of drug-likeness (QED) is 0.619. The third-order valence-corrected chi connectivity index (χ3v) is 1.85. The summed E-state index contributed by atoms with van der Waals surface area (Å²) < 4.78 is 5.37. The first-order chi connectivity index (χ1) is 5.18. The van der Waals surface area contributed by atoms with Gasteiger partial charge < -0.3 is 9.84 Å². The van der Waals surface area contributed by atoms with Gasteiger partial charge in [0.05, 0.1) is 18.8 Å². The van der Waals surface area contributed by atoms with Gasteiger partial charge in [0.25, 0.3) is 0 Å². The second kappa shape index (κ2) is 4.04. The van der Waals surface area contributed by atoms with Gasteiger partial charge in [-0.3, -0.25) is 4.90 Å². The number of β-amino-alcohol motifs (C(OH)–C–C–N with tert-alkyl or cyclic N) is 1. The summed E-state index contributed by atoms with van der Waals surface area (Å²) in [5.74, 6) is 0. The summed E-state index contributed by atoms with van der Waals surface area (Å²) in [6.45, 7) is 7.36. The van der Waals surface area contributed by atoms with Crippen LogP contribution in [0.5, 0.6) is 0 Å². The fourth-order valence-electron chi connectivity index (χ4n) is 1.43. The molecule has 0 saturated carbocycles. The van der Waals surface area contributed by atoms with Gasteiger partial charge in [0, 0.05) is 19.6 Å². The summed E-state index contributed by atoms with van der Waals surface area (Å²) in [5.41, 5.74) is 0. The number of rotatable bonds is 2. The third-order valence-electron chi connectivity index (χ3n) is 1.85. The van der Waals surface area contributed by atoms with Crippen LogP contribution in [0.15, 0.2) is 0 Å². The summed E-state index contributed by atoms with van der Waals surface area (Å²) in [5, 5.41) is 9.11. The molecule has 3 nitrogen and oxygen atoms in total. The fourth-order valence-corrected chi connectivity index (χ4v) is 1.43. The molecule has 0 spiro atoms. The Kier molecular flexibility index (Phi) is 3.30. The Bertz CT molecular complexity index is 115. The van der Waals surface area contributed by atoms with Crippen molar-refractivity contribution in [1.29, 1.82) is 0 Å². The highest BCUT2D eigenvalue weighted by atomic mass is 16.5. The SMILES string of the molecule is CC1CN(C[C@@H](C)O)CCO1. The number of nitrogens with zero attached hydrogens (tertiary/aromatic N) is 1. The molecule has 1 unspecified atom stereocenters. The van der Waals surface area contributed by atoms with E-state index in [1.165, 1.54) is 0 Å². The molecule has 1 aliphatic rings. The Morgan fingerprint density at radius 3 is 3.00 bits per heavy atom. The Balaban J connectivity index is 2.23. The van der Waals surface area contributed by atoms with Crippen LogP contribution in [0.4, 0.5) is 0 Å². The van der Waals surface area contributed by atoms with Gasteiger partial charge in [0.1, 0.15) is 0 Å². The van der Waals surface area contributed by atoms with Crippen molar-refractivity contribution in [3.63, 3.8) is 0 Å². The van der Waals surface area contributed by atoms with Crippen molar-refractivity contribution in [1.82, 2.24) is 4.90 Å². The summed E-state index contributed by atoms with van der Waals surface area (Å²) >= 11 is 0. The monoisotopic (exact) mass is 159 g/mol. The molecule has 0 amide bonds. The lowest BCUT2D eigenvalue weighted by Gasteiger charge is -2.31. The molecule has 0 aromatic carbocycles. The molecule has 0 aromatic heterocycles. The predicted octanol–water partition coefficient (Wildman–Crippen LogP) is 0.0879. The Hall–Kier alpha value is -0.120.